The third kappa shape index (κ3) is 5.80. The minimum Gasteiger partial charge on any atom is -0.332 e. The van der Waals surface area contributed by atoms with Gasteiger partial charge >= 0.3 is 0 Å². The van der Waals surface area contributed by atoms with Crippen LogP contribution < -0.4 is 4.90 Å². The summed E-state index contributed by atoms with van der Waals surface area (Å²) in [7, 11) is 2.04. The van der Waals surface area contributed by atoms with Crippen LogP contribution in [-0.4, -0.2) is 76.9 Å². The van der Waals surface area contributed by atoms with E-state index >= 15 is 0 Å². The van der Waals surface area contributed by atoms with E-state index in [0.29, 0.717) is 36.9 Å². The highest BCUT2D eigenvalue weighted by molar-refractivity contribution is 5.80. The number of nitrogens with zero attached hydrogens (tertiary/aromatic N) is 5. The Kier molecular flexibility index (Phi) is 7.85. The fraction of sp³-hybridized carbons (Fsp3) is 0.708. The Morgan fingerprint density at radius 2 is 1.80 bits per heavy atom. The highest BCUT2D eigenvalue weighted by atomic mass is 16.1. The smallest absolute Gasteiger partial charge is 0.225 e. The summed E-state index contributed by atoms with van der Waals surface area (Å²) in [5.74, 6) is 7.69. The largest absolute Gasteiger partial charge is 0.332 e. The molecule has 0 saturated carbocycles. The number of ketones is 1. The molecule has 2 saturated heterocycles. The van der Waals surface area contributed by atoms with Crippen LogP contribution in [0.1, 0.15) is 58.9 Å². The van der Waals surface area contributed by atoms with Gasteiger partial charge in [-0.2, -0.15) is 0 Å². The first kappa shape index (κ1) is 22.7. The van der Waals surface area contributed by atoms with Crippen molar-refractivity contribution in [1.29, 1.82) is 0 Å². The molecular formula is C24H37N5O. The van der Waals surface area contributed by atoms with E-state index in [2.05, 4.69) is 50.4 Å². The number of carbonyl (C=O) groups is 1. The maximum absolute atomic E-state index is 11.7. The molecule has 3 heterocycles. The second-order valence-corrected chi connectivity index (χ2v) is 9.38. The van der Waals surface area contributed by atoms with Crippen LogP contribution in [0.3, 0.4) is 0 Å². The van der Waals surface area contributed by atoms with Gasteiger partial charge in [0.05, 0.1) is 12.1 Å². The molecule has 3 rings (SSSR count). The molecule has 2 unspecified atom stereocenters. The number of likely N-dealkylation sites (tertiary alicyclic amines) is 1. The molecule has 2 aliphatic rings. The predicted molar refractivity (Wildman–Crippen MR) is 121 cm³/mol. The molecule has 0 spiro atoms. The van der Waals surface area contributed by atoms with Crippen molar-refractivity contribution in [2.45, 2.75) is 71.5 Å². The number of aromatic nitrogens is 2. The average Bonchev–Trinajstić information content (AvgIpc) is 2.97. The van der Waals surface area contributed by atoms with Gasteiger partial charge in [-0.15, -0.1) is 0 Å². The second-order valence-electron chi connectivity index (χ2n) is 9.38. The maximum atomic E-state index is 11.7. The van der Waals surface area contributed by atoms with Gasteiger partial charge in [-0.25, -0.2) is 9.97 Å². The number of anilines is 1. The van der Waals surface area contributed by atoms with Crippen LogP contribution in [0, 0.1) is 17.8 Å². The van der Waals surface area contributed by atoms with Crippen LogP contribution in [0.2, 0.25) is 0 Å². The number of hydrogen-bond acceptors (Lipinski definition) is 6. The van der Waals surface area contributed by atoms with Crippen molar-refractivity contribution in [3.05, 3.63) is 18.0 Å². The zero-order valence-electron chi connectivity index (χ0n) is 19.3. The van der Waals surface area contributed by atoms with Gasteiger partial charge in [-0.3, -0.25) is 14.6 Å². The summed E-state index contributed by atoms with van der Waals surface area (Å²) in [6, 6.07) is 1.65. The van der Waals surface area contributed by atoms with Gasteiger partial charge in [0, 0.05) is 55.9 Å². The molecule has 0 N–H and O–H groups in total. The number of rotatable bonds is 8. The molecule has 0 aromatic carbocycles. The van der Waals surface area contributed by atoms with E-state index in [1.54, 1.807) is 0 Å². The van der Waals surface area contributed by atoms with Crippen molar-refractivity contribution in [1.82, 2.24) is 19.8 Å². The molecule has 0 aliphatic carbocycles. The minimum absolute atomic E-state index is 0.132. The fourth-order valence-corrected chi connectivity index (χ4v) is 4.37. The van der Waals surface area contributed by atoms with Gasteiger partial charge in [0.25, 0.3) is 0 Å². The fourth-order valence-electron chi connectivity index (χ4n) is 4.37. The Labute approximate surface area is 182 Å². The third-order valence-corrected chi connectivity index (χ3v) is 6.30. The predicted octanol–water partition coefficient (Wildman–Crippen LogP) is 2.83. The second kappa shape index (κ2) is 10.4. The summed E-state index contributed by atoms with van der Waals surface area (Å²) >= 11 is 0. The molecule has 1 aromatic rings. The lowest BCUT2D eigenvalue weighted by Crippen LogP contribution is -2.56. The maximum Gasteiger partial charge on any atom is 0.225 e. The number of hydrogen-bond donors (Lipinski definition) is 0. The van der Waals surface area contributed by atoms with Crippen LogP contribution in [0.15, 0.2) is 12.4 Å². The Morgan fingerprint density at radius 1 is 1.17 bits per heavy atom. The van der Waals surface area contributed by atoms with Gasteiger partial charge in [-0.1, -0.05) is 25.7 Å². The zero-order chi connectivity index (χ0) is 21.7. The topological polar surface area (TPSA) is 52.6 Å². The van der Waals surface area contributed by atoms with E-state index in [0.717, 1.165) is 37.6 Å². The van der Waals surface area contributed by atoms with Gasteiger partial charge in [0.2, 0.25) is 5.95 Å². The van der Waals surface area contributed by atoms with E-state index in [-0.39, 0.29) is 5.92 Å². The summed E-state index contributed by atoms with van der Waals surface area (Å²) < 4.78 is 0. The molecule has 30 heavy (non-hydrogen) atoms. The summed E-state index contributed by atoms with van der Waals surface area (Å²) in [6.07, 6.45) is 7.70. The molecule has 2 fully saturated rings. The minimum atomic E-state index is 0.132. The SMILES string of the molecule is CC(C)C(=O)CCCN(C)CC#Cc1cnc(N2C3CCC2CN(C(C)C)C3)nc1. The van der Waals surface area contributed by atoms with E-state index in [1.807, 2.05) is 33.3 Å². The molecule has 6 heteroatoms. The normalized spacial score (nSPS) is 21.4. The summed E-state index contributed by atoms with van der Waals surface area (Å²) in [6.45, 7) is 12.3. The lowest BCUT2D eigenvalue weighted by molar-refractivity contribution is -0.122. The number of piperazine rings is 1. The Bertz CT molecular complexity index is 750. The van der Waals surface area contributed by atoms with E-state index < -0.39 is 0 Å². The highest BCUT2D eigenvalue weighted by Gasteiger charge is 2.41. The lowest BCUT2D eigenvalue weighted by Gasteiger charge is -2.42. The molecule has 0 amide bonds. The van der Waals surface area contributed by atoms with Gasteiger partial charge in [0.1, 0.15) is 5.78 Å². The van der Waals surface area contributed by atoms with E-state index in [1.165, 1.54) is 12.8 Å². The lowest BCUT2D eigenvalue weighted by atomic mass is 10.0. The first-order valence-electron chi connectivity index (χ1n) is 11.4. The van der Waals surface area contributed by atoms with Crippen LogP contribution >= 0.6 is 0 Å². The Balaban J connectivity index is 1.48. The quantitative estimate of drug-likeness (QED) is 0.613. The average molecular weight is 412 g/mol. The Hall–Kier alpha value is -1.97. The summed E-state index contributed by atoms with van der Waals surface area (Å²) in [5, 5.41) is 0. The summed E-state index contributed by atoms with van der Waals surface area (Å²) in [5.41, 5.74) is 0.857. The van der Waals surface area contributed by atoms with Crippen LogP contribution in [0.25, 0.3) is 0 Å². The molecule has 1 aromatic heterocycles. The van der Waals surface area contributed by atoms with Crippen molar-refractivity contribution in [2.24, 2.45) is 5.92 Å². The van der Waals surface area contributed by atoms with Crippen LogP contribution in [0.5, 0.6) is 0 Å². The molecule has 2 atom stereocenters. The first-order chi connectivity index (χ1) is 14.3. The molecule has 6 nitrogen and oxygen atoms in total. The number of fused-ring (bicyclic) bond motifs is 2. The van der Waals surface area contributed by atoms with Crippen molar-refractivity contribution in [3.8, 4) is 11.8 Å². The van der Waals surface area contributed by atoms with E-state index in [9.17, 15) is 4.79 Å². The molecular weight excluding hydrogens is 374 g/mol. The number of carbonyl (C=O) groups excluding carboxylic acids is 1. The Morgan fingerprint density at radius 3 is 2.37 bits per heavy atom. The molecule has 2 aliphatic heterocycles. The summed E-state index contributed by atoms with van der Waals surface area (Å²) in [4.78, 5) is 28.1. The third-order valence-electron chi connectivity index (χ3n) is 6.30. The van der Waals surface area contributed by atoms with Crippen LogP contribution in [-0.2, 0) is 4.79 Å². The van der Waals surface area contributed by atoms with Crippen molar-refractivity contribution >= 4 is 11.7 Å². The number of Topliss-reactive ketones (excluding diaryl/α,β-unsaturated/α-hetero) is 1. The molecule has 0 radical (unpaired) electrons. The van der Waals surface area contributed by atoms with Gasteiger partial charge < -0.3 is 4.90 Å². The monoisotopic (exact) mass is 411 g/mol. The molecule has 164 valence electrons. The van der Waals surface area contributed by atoms with Crippen molar-refractivity contribution in [2.75, 3.05) is 38.1 Å². The van der Waals surface area contributed by atoms with Gasteiger partial charge in [-0.05, 0) is 46.7 Å². The van der Waals surface area contributed by atoms with Crippen molar-refractivity contribution < 1.29 is 4.79 Å². The van der Waals surface area contributed by atoms with Crippen LogP contribution in [0.4, 0.5) is 5.95 Å². The van der Waals surface area contributed by atoms with E-state index in [4.69, 9.17) is 0 Å². The standard InChI is InChI=1S/C24H37N5O/c1-18(2)23(30)9-7-13-27(5)12-6-8-20-14-25-24(26-15-20)29-21-10-11-22(29)17-28(16-21)19(3)4/h14-15,18-19,21-22H,7,9-13,16-17H2,1-5H3. The zero-order valence-corrected chi connectivity index (χ0v) is 19.3. The first-order valence-corrected chi connectivity index (χ1v) is 11.4. The highest BCUT2D eigenvalue weighted by Crippen LogP contribution is 2.33. The van der Waals surface area contributed by atoms with Crippen molar-refractivity contribution in [3.63, 3.8) is 0 Å². The van der Waals surface area contributed by atoms with Gasteiger partial charge in [0.15, 0.2) is 0 Å². The molecule has 2 bridgehead atoms.